The predicted molar refractivity (Wildman–Crippen MR) is 101 cm³/mol. The number of carbonyl (C=O) groups excluding carboxylic acids is 1. The minimum absolute atomic E-state index is 0. The summed E-state index contributed by atoms with van der Waals surface area (Å²) in [5.41, 5.74) is 1.29. The number of halogens is 1. The first kappa shape index (κ1) is 20.2. The van der Waals surface area contributed by atoms with Crippen LogP contribution in [-0.4, -0.2) is 32.0 Å². The molecule has 1 aromatic rings. The Kier molecular flexibility index (Phi) is 11.3. The maximum Gasteiger partial charge on any atom is 0.221 e. The van der Waals surface area contributed by atoms with Gasteiger partial charge in [0.15, 0.2) is 5.96 Å². The second kappa shape index (κ2) is 11.8. The third-order valence-corrected chi connectivity index (χ3v) is 3.85. The average Bonchev–Trinajstić information content (AvgIpc) is 2.85. The standard InChI is InChI=1S/C14H24N4OS.HI/c1-4-7-16-13(19)5-8-17-14(15-3)18-10-12-11(2)6-9-20-12;/h6,9H,4-5,7-8,10H2,1-3H3,(H,16,19)(H2,15,17,18);1H. The molecule has 0 saturated carbocycles. The fourth-order valence-electron chi connectivity index (χ4n) is 1.62. The monoisotopic (exact) mass is 424 g/mol. The Bertz CT molecular complexity index is 448. The highest BCUT2D eigenvalue weighted by atomic mass is 127. The van der Waals surface area contributed by atoms with Crippen molar-refractivity contribution in [2.24, 2.45) is 4.99 Å². The number of hydrogen-bond donors (Lipinski definition) is 3. The van der Waals surface area contributed by atoms with E-state index in [4.69, 9.17) is 0 Å². The smallest absolute Gasteiger partial charge is 0.221 e. The van der Waals surface area contributed by atoms with E-state index in [-0.39, 0.29) is 29.9 Å². The van der Waals surface area contributed by atoms with Crippen LogP contribution in [0.5, 0.6) is 0 Å². The van der Waals surface area contributed by atoms with Crippen molar-refractivity contribution < 1.29 is 4.79 Å². The predicted octanol–water partition coefficient (Wildman–Crippen LogP) is 2.26. The van der Waals surface area contributed by atoms with Crippen molar-refractivity contribution in [3.05, 3.63) is 21.9 Å². The molecule has 21 heavy (non-hydrogen) atoms. The lowest BCUT2D eigenvalue weighted by Crippen LogP contribution is -2.39. The molecule has 0 fully saturated rings. The molecular weight excluding hydrogens is 399 g/mol. The highest BCUT2D eigenvalue weighted by Crippen LogP contribution is 2.14. The molecule has 0 saturated heterocycles. The van der Waals surface area contributed by atoms with E-state index in [1.165, 1.54) is 10.4 Å². The zero-order valence-corrected chi connectivity index (χ0v) is 16.0. The lowest BCUT2D eigenvalue weighted by atomic mass is 10.3. The number of guanidine groups is 1. The Morgan fingerprint density at radius 1 is 1.29 bits per heavy atom. The molecule has 1 amide bonds. The van der Waals surface area contributed by atoms with Gasteiger partial charge in [-0.2, -0.15) is 0 Å². The molecule has 1 rings (SSSR count). The molecule has 0 aliphatic carbocycles. The fourth-order valence-corrected chi connectivity index (χ4v) is 2.46. The third-order valence-electron chi connectivity index (χ3n) is 2.82. The van der Waals surface area contributed by atoms with Crippen molar-refractivity contribution in [1.29, 1.82) is 0 Å². The van der Waals surface area contributed by atoms with Gasteiger partial charge in [0.1, 0.15) is 0 Å². The average molecular weight is 424 g/mol. The van der Waals surface area contributed by atoms with Crippen molar-refractivity contribution in [3.63, 3.8) is 0 Å². The molecule has 0 aliphatic rings. The first-order valence-electron chi connectivity index (χ1n) is 6.91. The van der Waals surface area contributed by atoms with Gasteiger partial charge in [-0.05, 0) is 30.4 Å². The van der Waals surface area contributed by atoms with Crippen molar-refractivity contribution in [1.82, 2.24) is 16.0 Å². The molecule has 1 heterocycles. The molecule has 120 valence electrons. The minimum Gasteiger partial charge on any atom is -0.356 e. The fraction of sp³-hybridized carbons (Fsp3) is 0.571. The van der Waals surface area contributed by atoms with E-state index in [1.807, 2.05) is 6.92 Å². The van der Waals surface area contributed by atoms with Crippen molar-refractivity contribution >= 4 is 47.2 Å². The van der Waals surface area contributed by atoms with Gasteiger partial charge in [0.2, 0.25) is 5.91 Å². The molecule has 1 aromatic heterocycles. The van der Waals surface area contributed by atoms with E-state index in [0.717, 1.165) is 25.5 Å². The summed E-state index contributed by atoms with van der Waals surface area (Å²) in [6.45, 7) is 6.21. The van der Waals surface area contributed by atoms with Crippen LogP contribution in [-0.2, 0) is 11.3 Å². The molecular formula is C14H25IN4OS. The molecule has 3 N–H and O–H groups in total. The van der Waals surface area contributed by atoms with Crippen LogP contribution in [0.15, 0.2) is 16.4 Å². The number of amides is 1. The molecule has 0 bridgehead atoms. The first-order valence-corrected chi connectivity index (χ1v) is 7.79. The zero-order valence-electron chi connectivity index (χ0n) is 12.9. The van der Waals surface area contributed by atoms with E-state index < -0.39 is 0 Å². The normalized spacial score (nSPS) is 10.7. The summed E-state index contributed by atoms with van der Waals surface area (Å²) in [4.78, 5) is 16.9. The Morgan fingerprint density at radius 3 is 2.62 bits per heavy atom. The molecule has 5 nitrogen and oxygen atoms in total. The van der Waals surface area contributed by atoms with Gasteiger partial charge < -0.3 is 16.0 Å². The number of rotatable bonds is 7. The quantitative estimate of drug-likeness (QED) is 0.358. The van der Waals surface area contributed by atoms with Gasteiger partial charge >= 0.3 is 0 Å². The van der Waals surface area contributed by atoms with Crippen LogP contribution in [0.25, 0.3) is 0 Å². The van der Waals surface area contributed by atoms with Gasteiger partial charge in [-0.25, -0.2) is 0 Å². The number of nitrogens with one attached hydrogen (secondary N) is 3. The first-order chi connectivity index (χ1) is 9.67. The van der Waals surface area contributed by atoms with Crippen molar-refractivity contribution in [2.75, 3.05) is 20.1 Å². The van der Waals surface area contributed by atoms with Crippen LogP contribution >= 0.6 is 35.3 Å². The van der Waals surface area contributed by atoms with Crippen molar-refractivity contribution in [2.45, 2.75) is 33.2 Å². The van der Waals surface area contributed by atoms with Crippen LogP contribution in [0.2, 0.25) is 0 Å². The van der Waals surface area contributed by atoms with Crippen LogP contribution in [0, 0.1) is 6.92 Å². The number of nitrogens with zero attached hydrogens (tertiary/aromatic N) is 1. The Morgan fingerprint density at radius 2 is 2.05 bits per heavy atom. The second-order valence-electron chi connectivity index (χ2n) is 4.48. The maximum absolute atomic E-state index is 11.5. The summed E-state index contributed by atoms with van der Waals surface area (Å²) in [7, 11) is 1.73. The Balaban J connectivity index is 0.00000400. The lowest BCUT2D eigenvalue weighted by molar-refractivity contribution is -0.120. The van der Waals surface area contributed by atoms with E-state index in [9.17, 15) is 4.79 Å². The molecule has 0 atom stereocenters. The van der Waals surface area contributed by atoms with Crippen molar-refractivity contribution in [3.8, 4) is 0 Å². The summed E-state index contributed by atoms with van der Waals surface area (Å²) in [5.74, 6) is 0.796. The van der Waals surface area contributed by atoms with Crippen LogP contribution in [0.1, 0.15) is 30.2 Å². The van der Waals surface area contributed by atoms with E-state index in [0.29, 0.717) is 13.0 Å². The second-order valence-corrected chi connectivity index (χ2v) is 5.48. The highest BCUT2D eigenvalue weighted by Gasteiger charge is 2.03. The summed E-state index contributed by atoms with van der Waals surface area (Å²) in [6.07, 6.45) is 1.42. The van der Waals surface area contributed by atoms with Crippen LogP contribution in [0.4, 0.5) is 0 Å². The van der Waals surface area contributed by atoms with Gasteiger partial charge in [0, 0.05) is 31.4 Å². The minimum atomic E-state index is 0. The number of thiophene rings is 1. The van der Waals surface area contributed by atoms with E-state index in [1.54, 1.807) is 18.4 Å². The van der Waals surface area contributed by atoms with Gasteiger partial charge in [-0.1, -0.05) is 6.92 Å². The topological polar surface area (TPSA) is 65.5 Å². The Labute approximate surface area is 148 Å². The number of aryl methyl sites for hydroxylation is 1. The molecule has 0 aromatic carbocycles. The summed E-state index contributed by atoms with van der Waals surface area (Å²) in [6, 6.07) is 2.11. The highest BCUT2D eigenvalue weighted by molar-refractivity contribution is 14.0. The van der Waals surface area contributed by atoms with Gasteiger partial charge in [0.05, 0.1) is 6.54 Å². The summed E-state index contributed by atoms with van der Waals surface area (Å²) in [5, 5.41) is 11.3. The van der Waals surface area contributed by atoms with Crippen LogP contribution in [0.3, 0.4) is 0 Å². The molecule has 0 radical (unpaired) electrons. The lowest BCUT2D eigenvalue weighted by Gasteiger charge is -2.11. The molecule has 0 unspecified atom stereocenters. The molecule has 0 aliphatic heterocycles. The third kappa shape index (κ3) is 8.25. The number of hydrogen-bond acceptors (Lipinski definition) is 3. The maximum atomic E-state index is 11.5. The van der Waals surface area contributed by atoms with Gasteiger partial charge in [0.25, 0.3) is 0 Å². The summed E-state index contributed by atoms with van der Waals surface area (Å²) < 4.78 is 0. The van der Waals surface area contributed by atoms with E-state index in [2.05, 4.69) is 39.3 Å². The van der Waals surface area contributed by atoms with Gasteiger partial charge in [-0.3, -0.25) is 9.79 Å². The van der Waals surface area contributed by atoms with Crippen LogP contribution < -0.4 is 16.0 Å². The zero-order chi connectivity index (χ0) is 14.8. The number of carbonyl (C=O) groups is 1. The molecule has 0 spiro atoms. The van der Waals surface area contributed by atoms with E-state index >= 15 is 0 Å². The largest absolute Gasteiger partial charge is 0.356 e. The Hall–Kier alpha value is -0.830. The van der Waals surface area contributed by atoms with Gasteiger partial charge in [-0.15, -0.1) is 35.3 Å². The number of aliphatic imine (C=N–C) groups is 1. The molecule has 7 heteroatoms. The summed E-state index contributed by atoms with van der Waals surface area (Å²) >= 11 is 1.73. The SMILES string of the molecule is CCCNC(=O)CCNC(=NC)NCc1sccc1C.I.